The number of piperidine rings is 1. The van der Waals surface area contributed by atoms with Gasteiger partial charge in [0, 0.05) is 18.5 Å². The average Bonchev–Trinajstić information content (AvgIpc) is 2.47. The first-order chi connectivity index (χ1) is 9.66. The Kier molecular flexibility index (Phi) is 3.23. The van der Waals surface area contributed by atoms with Gasteiger partial charge in [-0.15, -0.1) is 10.2 Å². The summed E-state index contributed by atoms with van der Waals surface area (Å²) >= 11 is 0. The van der Waals surface area contributed by atoms with E-state index in [2.05, 4.69) is 10.2 Å². The molecule has 1 saturated heterocycles. The minimum Gasteiger partial charge on any atom is -0.476 e. The van der Waals surface area contributed by atoms with Gasteiger partial charge in [-0.05, 0) is 18.9 Å². The van der Waals surface area contributed by atoms with Crippen LogP contribution in [0.4, 0.5) is 5.69 Å². The number of nitrogens with zero attached hydrogens (tertiary/aromatic N) is 3. The summed E-state index contributed by atoms with van der Waals surface area (Å²) in [6.07, 6.45) is 0.964. The van der Waals surface area contributed by atoms with Crippen LogP contribution in [-0.4, -0.2) is 45.6 Å². The monoisotopic (exact) mass is 273 g/mol. The maximum Gasteiger partial charge on any atom is 0.358 e. The van der Waals surface area contributed by atoms with Gasteiger partial charge in [-0.1, -0.05) is 18.2 Å². The van der Waals surface area contributed by atoms with Crippen LogP contribution >= 0.6 is 0 Å². The standard InChI is InChI=1S/C14H15N3O3/c18-9-5-7-17(8-6-9)13-10-3-1-2-4-11(10)15-16-12(13)14(19)20/h1-4,9,18H,5-8H2,(H,19,20). The van der Waals surface area contributed by atoms with Gasteiger partial charge in [-0.2, -0.15) is 0 Å². The van der Waals surface area contributed by atoms with Gasteiger partial charge >= 0.3 is 5.97 Å². The molecule has 0 unspecified atom stereocenters. The molecule has 1 aromatic heterocycles. The Morgan fingerprint density at radius 2 is 1.90 bits per heavy atom. The van der Waals surface area contributed by atoms with Crippen molar-refractivity contribution in [3.05, 3.63) is 30.0 Å². The Morgan fingerprint density at radius 1 is 1.20 bits per heavy atom. The summed E-state index contributed by atoms with van der Waals surface area (Å²) in [5, 5.41) is 27.5. The van der Waals surface area contributed by atoms with Gasteiger partial charge in [0.1, 0.15) is 0 Å². The van der Waals surface area contributed by atoms with E-state index >= 15 is 0 Å². The molecule has 0 spiro atoms. The average molecular weight is 273 g/mol. The SMILES string of the molecule is O=C(O)c1nnc2ccccc2c1N1CCC(O)CC1. The maximum atomic E-state index is 11.4. The van der Waals surface area contributed by atoms with Crippen molar-refractivity contribution in [3.8, 4) is 0 Å². The lowest BCUT2D eigenvalue weighted by atomic mass is 10.0. The molecule has 0 radical (unpaired) electrons. The van der Waals surface area contributed by atoms with Crippen LogP contribution in [0.15, 0.2) is 24.3 Å². The van der Waals surface area contributed by atoms with Crippen molar-refractivity contribution in [1.82, 2.24) is 10.2 Å². The van der Waals surface area contributed by atoms with Gasteiger partial charge in [-0.25, -0.2) is 4.79 Å². The Bertz CT molecular complexity index is 651. The normalized spacial score (nSPS) is 16.6. The summed E-state index contributed by atoms with van der Waals surface area (Å²) in [6, 6.07) is 7.38. The molecule has 1 aliphatic rings. The van der Waals surface area contributed by atoms with E-state index in [0.29, 0.717) is 37.1 Å². The third-order valence-corrected chi connectivity index (χ3v) is 3.62. The summed E-state index contributed by atoms with van der Waals surface area (Å²) in [5.41, 5.74) is 1.26. The van der Waals surface area contributed by atoms with Gasteiger partial charge < -0.3 is 15.1 Å². The number of carboxylic acids is 1. The molecule has 0 saturated carbocycles. The van der Waals surface area contributed by atoms with Crippen LogP contribution in [0.3, 0.4) is 0 Å². The van der Waals surface area contributed by atoms with Crippen LogP contribution in [0, 0.1) is 0 Å². The lowest BCUT2D eigenvalue weighted by Gasteiger charge is -2.32. The fourth-order valence-electron chi connectivity index (χ4n) is 2.59. The van der Waals surface area contributed by atoms with Crippen LogP contribution in [0.2, 0.25) is 0 Å². The molecule has 2 aromatic rings. The molecule has 1 fully saturated rings. The van der Waals surface area contributed by atoms with E-state index in [4.69, 9.17) is 0 Å². The summed E-state index contributed by atoms with van der Waals surface area (Å²) < 4.78 is 0. The molecule has 1 aliphatic heterocycles. The van der Waals surface area contributed by atoms with Crippen molar-refractivity contribution < 1.29 is 15.0 Å². The molecule has 2 heterocycles. The van der Waals surface area contributed by atoms with Crippen LogP contribution in [0.5, 0.6) is 0 Å². The molecule has 104 valence electrons. The first kappa shape index (κ1) is 12.8. The Labute approximate surface area is 115 Å². The van der Waals surface area contributed by atoms with E-state index in [-0.39, 0.29) is 11.8 Å². The van der Waals surface area contributed by atoms with Gasteiger partial charge in [-0.3, -0.25) is 0 Å². The number of rotatable bonds is 2. The van der Waals surface area contributed by atoms with Crippen molar-refractivity contribution in [2.24, 2.45) is 0 Å². The second-order valence-corrected chi connectivity index (χ2v) is 4.94. The molecule has 0 atom stereocenters. The second kappa shape index (κ2) is 5.05. The van der Waals surface area contributed by atoms with Crippen LogP contribution in [-0.2, 0) is 0 Å². The van der Waals surface area contributed by atoms with E-state index in [0.717, 1.165) is 5.39 Å². The lowest BCUT2D eigenvalue weighted by molar-refractivity contribution is 0.0690. The quantitative estimate of drug-likeness (QED) is 0.857. The first-order valence-corrected chi connectivity index (χ1v) is 6.58. The van der Waals surface area contributed by atoms with Gasteiger partial charge in [0.25, 0.3) is 0 Å². The van der Waals surface area contributed by atoms with Crippen molar-refractivity contribution in [2.45, 2.75) is 18.9 Å². The highest BCUT2D eigenvalue weighted by atomic mass is 16.4. The number of fused-ring (bicyclic) bond motifs is 1. The predicted molar refractivity (Wildman–Crippen MR) is 74.0 cm³/mol. The number of aromatic carboxylic acids is 1. The van der Waals surface area contributed by atoms with Crippen LogP contribution in [0.25, 0.3) is 10.9 Å². The molecular weight excluding hydrogens is 258 g/mol. The first-order valence-electron chi connectivity index (χ1n) is 6.58. The number of anilines is 1. The number of carbonyl (C=O) groups is 1. The van der Waals surface area contributed by atoms with Crippen molar-refractivity contribution in [1.29, 1.82) is 0 Å². The highest BCUT2D eigenvalue weighted by Gasteiger charge is 2.25. The third-order valence-electron chi connectivity index (χ3n) is 3.62. The minimum absolute atomic E-state index is 0.0277. The highest BCUT2D eigenvalue weighted by Crippen LogP contribution is 2.30. The molecule has 0 bridgehead atoms. The largest absolute Gasteiger partial charge is 0.476 e. The van der Waals surface area contributed by atoms with E-state index in [1.807, 2.05) is 29.2 Å². The third kappa shape index (κ3) is 2.18. The zero-order chi connectivity index (χ0) is 14.1. The summed E-state index contributed by atoms with van der Waals surface area (Å²) in [7, 11) is 0. The van der Waals surface area contributed by atoms with E-state index in [9.17, 15) is 15.0 Å². The highest BCUT2D eigenvalue weighted by molar-refractivity contribution is 6.02. The smallest absolute Gasteiger partial charge is 0.358 e. The van der Waals surface area contributed by atoms with Crippen molar-refractivity contribution >= 4 is 22.6 Å². The fraction of sp³-hybridized carbons (Fsp3) is 0.357. The number of aliphatic hydroxyl groups is 1. The number of aromatic nitrogens is 2. The number of aliphatic hydroxyl groups excluding tert-OH is 1. The molecule has 20 heavy (non-hydrogen) atoms. The van der Waals surface area contributed by atoms with Crippen molar-refractivity contribution in [2.75, 3.05) is 18.0 Å². The summed E-state index contributed by atoms with van der Waals surface area (Å²) in [6.45, 7) is 1.24. The zero-order valence-corrected chi connectivity index (χ0v) is 10.9. The zero-order valence-electron chi connectivity index (χ0n) is 10.9. The van der Waals surface area contributed by atoms with Crippen LogP contribution < -0.4 is 4.90 Å². The predicted octanol–water partition coefficient (Wildman–Crippen LogP) is 1.29. The van der Waals surface area contributed by atoms with Gasteiger partial charge in [0.05, 0.1) is 17.3 Å². The fourth-order valence-corrected chi connectivity index (χ4v) is 2.59. The van der Waals surface area contributed by atoms with E-state index in [1.165, 1.54) is 0 Å². The van der Waals surface area contributed by atoms with Crippen LogP contribution in [0.1, 0.15) is 23.3 Å². The molecule has 0 aliphatic carbocycles. The molecule has 0 amide bonds. The molecule has 6 heteroatoms. The number of carboxylic acid groups (broad SMARTS) is 1. The van der Waals surface area contributed by atoms with E-state index in [1.54, 1.807) is 0 Å². The Hall–Kier alpha value is -2.21. The Morgan fingerprint density at radius 3 is 2.60 bits per heavy atom. The van der Waals surface area contributed by atoms with Gasteiger partial charge in [0.15, 0.2) is 5.69 Å². The minimum atomic E-state index is -1.08. The second-order valence-electron chi connectivity index (χ2n) is 4.94. The summed E-state index contributed by atoms with van der Waals surface area (Å²) in [4.78, 5) is 13.4. The van der Waals surface area contributed by atoms with Gasteiger partial charge in [0.2, 0.25) is 0 Å². The topological polar surface area (TPSA) is 86.5 Å². The number of hydrogen-bond acceptors (Lipinski definition) is 5. The Balaban J connectivity index is 2.15. The number of hydrogen-bond donors (Lipinski definition) is 2. The molecule has 6 nitrogen and oxygen atoms in total. The maximum absolute atomic E-state index is 11.4. The number of benzene rings is 1. The molecule has 1 aromatic carbocycles. The van der Waals surface area contributed by atoms with E-state index < -0.39 is 5.97 Å². The molecule has 3 rings (SSSR count). The molecule has 2 N–H and O–H groups in total. The lowest BCUT2D eigenvalue weighted by Crippen LogP contribution is -2.37. The van der Waals surface area contributed by atoms with Crippen molar-refractivity contribution in [3.63, 3.8) is 0 Å². The summed E-state index contributed by atoms with van der Waals surface area (Å²) in [5.74, 6) is -1.08. The molecular formula is C14H15N3O3.